The molecule has 0 amide bonds. The molecule has 0 aromatic heterocycles. The lowest BCUT2D eigenvalue weighted by Gasteiger charge is -2.29. The van der Waals surface area contributed by atoms with Crippen LogP contribution in [0.4, 0.5) is 0 Å². The summed E-state index contributed by atoms with van der Waals surface area (Å²) < 4.78 is 0. The van der Waals surface area contributed by atoms with Crippen LogP contribution >= 0.6 is 23.2 Å². The molecule has 72 valence electrons. The molecule has 0 aliphatic carbocycles. The van der Waals surface area contributed by atoms with Gasteiger partial charge in [-0.25, -0.2) is 4.99 Å². The molecule has 1 aliphatic rings. The molecule has 4 N–H and O–H groups in total. The first-order chi connectivity index (χ1) is 5.79. The Morgan fingerprint density at radius 1 is 1.62 bits per heavy atom. The van der Waals surface area contributed by atoms with E-state index in [1.54, 1.807) is 0 Å². The van der Waals surface area contributed by atoms with E-state index in [9.17, 15) is 10.1 Å². The summed E-state index contributed by atoms with van der Waals surface area (Å²) in [5.74, 6) is 0. The smallest absolute Gasteiger partial charge is 0.286 e. The molecule has 13 heavy (non-hydrogen) atoms. The summed E-state index contributed by atoms with van der Waals surface area (Å²) in [6.07, 6.45) is 2.19. The van der Waals surface area contributed by atoms with Crippen molar-refractivity contribution in [2.24, 2.45) is 16.5 Å². The second-order valence-corrected chi connectivity index (χ2v) is 3.49. The number of allylic oxidation sites excluding steroid dienone is 1. The molecular formula is C5H6Cl2N4O2. The highest BCUT2D eigenvalue weighted by atomic mass is 35.5. The number of nitrogens with zero attached hydrogens (tertiary/aromatic N) is 2. The van der Waals surface area contributed by atoms with Crippen LogP contribution in [0, 0.1) is 10.1 Å². The van der Waals surface area contributed by atoms with Crippen molar-refractivity contribution in [2.45, 2.75) is 10.8 Å². The third-order valence-electron chi connectivity index (χ3n) is 1.61. The molecule has 2 unspecified atom stereocenters. The number of nitro groups is 1. The molecule has 0 spiro atoms. The number of aliphatic imine (C=N–C) groups is 1. The van der Waals surface area contributed by atoms with Gasteiger partial charge in [0.25, 0.3) is 5.12 Å². The van der Waals surface area contributed by atoms with E-state index in [0.717, 1.165) is 6.08 Å². The number of nitrogens with two attached hydrogens (primary N) is 2. The first-order valence-electron chi connectivity index (χ1n) is 3.15. The van der Waals surface area contributed by atoms with Gasteiger partial charge in [0.05, 0.1) is 4.92 Å². The average molecular weight is 225 g/mol. The Morgan fingerprint density at radius 2 is 2.15 bits per heavy atom. The van der Waals surface area contributed by atoms with Crippen molar-refractivity contribution in [2.75, 3.05) is 0 Å². The standard InChI is InChI=1S/C5H6Cl2N4O2/c6-3-1-2-4(8,11(12)13)5(7,9)10-3/h1-2H,8-9H2. The Balaban J connectivity index is 3.18. The highest BCUT2D eigenvalue weighted by molar-refractivity contribution is 6.68. The first kappa shape index (κ1) is 10.4. The monoisotopic (exact) mass is 224 g/mol. The molecule has 0 aromatic rings. The molecule has 0 bridgehead atoms. The largest absolute Gasteiger partial charge is 0.344 e. The van der Waals surface area contributed by atoms with Gasteiger partial charge in [0.15, 0.2) is 0 Å². The summed E-state index contributed by atoms with van der Waals surface area (Å²) in [4.78, 5) is 13.2. The van der Waals surface area contributed by atoms with Gasteiger partial charge < -0.3 is 0 Å². The fraction of sp³-hybridized carbons (Fsp3) is 0.400. The molecule has 2 atom stereocenters. The van der Waals surface area contributed by atoms with Gasteiger partial charge in [0.2, 0.25) is 0 Å². The normalized spacial score (nSPS) is 38.6. The Labute approximate surface area is 83.3 Å². The summed E-state index contributed by atoms with van der Waals surface area (Å²) in [6, 6.07) is 0. The second kappa shape index (κ2) is 2.91. The molecule has 0 saturated carbocycles. The maximum atomic E-state index is 10.6. The van der Waals surface area contributed by atoms with Crippen molar-refractivity contribution in [3.8, 4) is 0 Å². The van der Waals surface area contributed by atoms with E-state index in [4.69, 9.17) is 34.7 Å². The van der Waals surface area contributed by atoms with Crippen molar-refractivity contribution in [1.82, 2.24) is 0 Å². The molecular weight excluding hydrogens is 219 g/mol. The minimum Gasteiger partial charge on any atom is -0.286 e. The zero-order valence-corrected chi connectivity index (χ0v) is 7.79. The van der Waals surface area contributed by atoms with Crippen LogP contribution in [0.15, 0.2) is 17.1 Å². The lowest BCUT2D eigenvalue weighted by atomic mass is 10.1. The number of dihydropyridines is 1. The van der Waals surface area contributed by atoms with Crippen molar-refractivity contribution >= 4 is 28.4 Å². The lowest BCUT2D eigenvalue weighted by molar-refractivity contribution is -0.561. The maximum absolute atomic E-state index is 10.6. The van der Waals surface area contributed by atoms with Gasteiger partial charge in [0.1, 0.15) is 5.17 Å². The topological polar surface area (TPSA) is 108 Å². The number of rotatable bonds is 1. The number of halogens is 2. The summed E-state index contributed by atoms with van der Waals surface area (Å²) >= 11 is 11.0. The van der Waals surface area contributed by atoms with Crippen LogP contribution in [-0.4, -0.2) is 20.9 Å². The quantitative estimate of drug-likeness (QED) is 0.215. The van der Waals surface area contributed by atoms with Gasteiger partial charge in [-0.2, -0.15) is 0 Å². The zero-order valence-electron chi connectivity index (χ0n) is 6.28. The minimum absolute atomic E-state index is 0.0274. The third-order valence-corrected chi connectivity index (χ3v) is 2.21. The summed E-state index contributed by atoms with van der Waals surface area (Å²) in [6.45, 7) is 0. The molecule has 0 aromatic carbocycles. The van der Waals surface area contributed by atoms with Gasteiger partial charge in [-0.3, -0.25) is 21.6 Å². The van der Waals surface area contributed by atoms with Crippen LogP contribution in [0.3, 0.4) is 0 Å². The van der Waals surface area contributed by atoms with Crippen molar-refractivity contribution in [3.05, 3.63) is 22.3 Å². The molecule has 6 nitrogen and oxygen atoms in total. The van der Waals surface area contributed by atoms with Crippen LogP contribution < -0.4 is 11.5 Å². The molecule has 0 radical (unpaired) electrons. The van der Waals surface area contributed by atoms with Gasteiger partial charge in [-0.05, 0) is 6.08 Å². The van der Waals surface area contributed by atoms with Crippen LogP contribution in [0.25, 0.3) is 0 Å². The van der Waals surface area contributed by atoms with E-state index in [2.05, 4.69) is 4.99 Å². The van der Waals surface area contributed by atoms with Crippen LogP contribution in [0.2, 0.25) is 0 Å². The Kier molecular flexibility index (Phi) is 2.33. The average Bonchev–Trinajstić information content (AvgIpc) is 1.96. The highest BCUT2D eigenvalue weighted by Gasteiger charge is 2.56. The number of hydrogen-bond donors (Lipinski definition) is 2. The SMILES string of the molecule is NC1(Cl)N=C(Cl)C=CC1(N)[N+](=O)[O-]. The third kappa shape index (κ3) is 1.53. The van der Waals surface area contributed by atoms with Gasteiger partial charge in [0, 0.05) is 6.08 Å². The first-order valence-corrected chi connectivity index (χ1v) is 3.91. The van der Waals surface area contributed by atoms with Crippen molar-refractivity contribution < 1.29 is 4.92 Å². The Bertz CT molecular complexity index is 314. The highest BCUT2D eigenvalue weighted by Crippen LogP contribution is 2.29. The van der Waals surface area contributed by atoms with Crippen LogP contribution in [0.1, 0.15) is 0 Å². The number of alkyl halides is 1. The fourth-order valence-electron chi connectivity index (χ4n) is 0.784. The van der Waals surface area contributed by atoms with Gasteiger partial charge in [-0.1, -0.05) is 23.2 Å². The predicted octanol–water partition coefficient (Wildman–Crippen LogP) is -0.0235. The Hall–Kier alpha value is -0.690. The summed E-state index contributed by atoms with van der Waals surface area (Å²) in [7, 11) is 0. The van der Waals surface area contributed by atoms with E-state index < -0.39 is 15.7 Å². The van der Waals surface area contributed by atoms with E-state index in [1.165, 1.54) is 6.08 Å². The van der Waals surface area contributed by atoms with E-state index >= 15 is 0 Å². The number of hydrogen-bond acceptors (Lipinski definition) is 5. The molecule has 1 aliphatic heterocycles. The summed E-state index contributed by atoms with van der Waals surface area (Å²) in [5.41, 5.74) is 8.52. The maximum Gasteiger partial charge on any atom is 0.344 e. The van der Waals surface area contributed by atoms with Gasteiger partial charge >= 0.3 is 5.66 Å². The predicted molar refractivity (Wildman–Crippen MR) is 49.1 cm³/mol. The summed E-state index contributed by atoms with van der Waals surface area (Å²) in [5, 5.41) is 8.47. The van der Waals surface area contributed by atoms with Crippen molar-refractivity contribution in [1.29, 1.82) is 0 Å². The van der Waals surface area contributed by atoms with E-state index in [-0.39, 0.29) is 5.17 Å². The molecule has 8 heteroatoms. The van der Waals surface area contributed by atoms with Gasteiger partial charge in [-0.15, -0.1) is 0 Å². The lowest BCUT2D eigenvalue weighted by Crippen LogP contribution is -2.66. The van der Waals surface area contributed by atoms with E-state index in [1.807, 2.05) is 0 Å². The van der Waals surface area contributed by atoms with Crippen LogP contribution in [0.5, 0.6) is 0 Å². The van der Waals surface area contributed by atoms with E-state index in [0.29, 0.717) is 0 Å². The minimum atomic E-state index is -2.13. The molecule has 0 saturated heterocycles. The van der Waals surface area contributed by atoms with Crippen molar-refractivity contribution in [3.63, 3.8) is 0 Å². The Morgan fingerprint density at radius 3 is 2.54 bits per heavy atom. The molecule has 1 rings (SSSR count). The molecule has 0 fully saturated rings. The zero-order chi connectivity index (χ0) is 10.3. The second-order valence-electron chi connectivity index (χ2n) is 2.52. The fourth-order valence-corrected chi connectivity index (χ4v) is 1.25. The van der Waals surface area contributed by atoms with Crippen LogP contribution in [-0.2, 0) is 0 Å². The molecule has 1 heterocycles.